The number of sulfonamides is 1. The van der Waals surface area contributed by atoms with E-state index in [1.165, 1.54) is 7.11 Å². The highest BCUT2D eigenvalue weighted by Crippen LogP contribution is 2.29. The van der Waals surface area contributed by atoms with Gasteiger partial charge in [0.1, 0.15) is 0 Å². The molecule has 9 heteroatoms. The molecule has 0 radical (unpaired) electrons. The van der Waals surface area contributed by atoms with Crippen LogP contribution in [0.3, 0.4) is 0 Å². The first kappa shape index (κ1) is 16.4. The Hall–Kier alpha value is -1.61. The Morgan fingerprint density at radius 3 is 2.25 bits per heavy atom. The smallest absolute Gasteiger partial charge is 0.384 e. The SMILES string of the molecule is COCCS(=O)(=O)NC(=O)c1ccc(C(F)(F)F)cc1. The summed E-state index contributed by atoms with van der Waals surface area (Å²) in [4.78, 5) is 11.6. The molecule has 0 saturated carbocycles. The number of nitrogens with one attached hydrogen (secondary N) is 1. The van der Waals surface area contributed by atoms with Crippen molar-refractivity contribution < 1.29 is 31.1 Å². The summed E-state index contributed by atoms with van der Waals surface area (Å²) in [5.41, 5.74) is -1.10. The summed E-state index contributed by atoms with van der Waals surface area (Å²) < 4.78 is 66.1. The fourth-order valence-corrected chi connectivity index (χ4v) is 2.14. The van der Waals surface area contributed by atoms with Crippen molar-refractivity contribution in [1.29, 1.82) is 0 Å². The Bertz CT molecular complexity index is 566. The van der Waals surface area contributed by atoms with Crippen LogP contribution in [0.2, 0.25) is 0 Å². The minimum Gasteiger partial charge on any atom is -0.384 e. The molecule has 112 valence electrons. The van der Waals surface area contributed by atoms with Crippen molar-refractivity contribution in [1.82, 2.24) is 4.72 Å². The molecule has 0 heterocycles. The summed E-state index contributed by atoms with van der Waals surface area (Å²) >= 11 is 0. The Kier molecular flexibility index (Phi) is 5.12. The number of methoxy groups -OCH3 is 1. The quantitative estimate of drug-likeness (QED) is 0.892. The van der Waals surface area contributed by atoms with Crippen molar-refractivity contribution in [2.45, 2.75) is 6.18 Å². The van der Waals surface area contributed by atoms with Gasteiger partial charge >= 0.3 is 6.18 Å². The first-order valence-corrected chi connectivity index (χ1v) is 7.02. The van der Waals surface area contributed by atoms with Crippen molar-refractivity contribution in [3.8, 4) is 0 Å². The lowest BCUT2D eigenvalue weighted by atomic mass is 10.1. The van der Waals surface area contributed by atoms with Gasteiger partial charge in [0.2, 0.25) is 10.0 Å². The second-order valence-corrected chi connectivity index (χ2v) is 5.66. The summed E-state index contributed by atoms with van der Waals surface area (Å²) in [6, 6.07) is 3.22. The van der Waals surface area contributed by atoms with Gasteiger partial charge in [-0.05, 0) is 24.3 Å². The Balaban J connectivity index is 2.79. The number of carbonyl (C=O) groups is 1. The van der Waals surface area contributed by atoms with Crippen molar-refractivity contribution in [2.75, 3.05) is 19.5 Å². The van der Waals surface area contributed by atoms with Gasteiger partial charge in [-0.3, -0.25) is 4.79 Å². The van der Waals surface area contributed by atoms with Crippen molar-refractivity contribution >= 4 is 15.9 Å². The van der Waals surface area contributed by atoms with E-state index in [0.717, 1.165) is 12.1 Å². The van der Waals surface area contributed by atoms with Gasteiger partial charge in [0.05, 0.1) is 17.9 Å². The van der Waals surface area contributed by atoms with Crippen LogP contribution in [-0.2, 0) is 20.9 Å². The van der Waals surface area contributed by atoms with Crippen LogP contribution in [0.25, 0.3) is 0 Å². The monoisotopic (exact) mass is 311 g/mol. The molecule has 0 aliphatic heterocycles. The summed E-state index contributed by atoms with van der Waals surface area (Å²) in [7, 11) is -2.58. The molecular weight excluding hydrogens is 299 g/mol. The molecule has 1 N–H and O–H groups in total. The molecule has 0 bridgehead atoms. The molecular formula is C11H12F3NO4S. The average molecular weight is 311 g/mol. The van der Waals surface area contributed by atoms with Crippen molar-refractivity contribution in [3.05, 3.63) is 35.4 Å². The Labute approximate surface area is 113 Å². The molecule has 0 saturated heterocycles. The number of hydrogen-bond acceptors (Lipinski definition) is 4. The van der Waals surface area contributed by atoms with E-state index in [4.69, 9.17) is 0 Å². The maximum atomic E-state index is 12.3. The molecule has 0 fully saturated rings. The van der Waals surface area contributed by atoms with Crippen molar-refractivity contribution in [3.63, 3.8) is 0 Å². The van der Waals surface area contributed by atoms with E-state index in [0.29, 0.717) is 12.1 Å². The number of amides is 1. The third kappa shape index (κ3) is 4.82. The predicted octanol–water partition coefficient (Wildman–Crippen LogP) is 1.41. The molecule has 5 nitrogen and oxygen atoms in total. The number of alkyl halides is 3. The van der Waals surface area contributed by atoms with Crippen LogP contribution in [-0.4, -0.2) is 33.8 Å². The zero-order chi connectivity index (χ0) is 15.4. The van der Waals surface area contributed by atoms with Crippen LogP contribution >= 0.6 is 0 Å². The highest BCUT2D eigenvalue weighted by molar-refractivity contribution is 7.90. The second kappa shape index (κ2) is 6.23. The van der Waals surface area contributed by atoms with Crippen LogP contribution in [0.4, 0.5) is 13.2 Å². The fourth-order valence-electron chi connectivity index (χ4n) is 1.25. The van der Waals surface area contributed by atoms with Crippen LogP contribution in [0.5, 0.6) is 0 Å². The molecule has 1 amide bonds. The Morgan fingerprint density at radius 1 is 1.25 bits per heavy atom. The third-order valence-electron chi connectivity index (χ3n) is 2.28. The summed E-state index contributed by atoms with van der Waals surface area (Å²) in [5.74, 6) is -1.41. The van der Waals surface area contributed by atoms with Gasteiger partial charge in [0.15, 0.2) is 0 Å². The molecule has 0 aliphatic rings. The number of rotatable bonds is 5. The maximum Gasteiger partial charge on any atom is 0.416 e. The summed E-state index contributed by atoms with van der Waals surface area (Å²) in [5, 5.41) is 0. The maximum absolute atomic E-state index is 12.3. The topological polar surface area (TPSA) is 72.5 Å². The van der Waals surface area contributed by atoms with Gasteiger partial charge in [-0.15, -0.1) is 0 Å². The minimum atomic E-state index is -4.51. The van der Waals surface area contributed by atoms with Gasteiger partial charge in [0.25, 0.3) is 5.91 Å². The van der Waals surface area contributed by atoms with E-state index >= 15 is 0 Å². The zero-order valence-electron chi connectivity index (χ0n) is 10.4. The van der Waals surface area contributed by atoms with Gasteiger partial charge in [-0.2, -0.15) is 13.2 Å². The van der Waals surface area contributed by atoms with Crippen LogP contribution in [0, 0.1) is 0 Å². The van der Waals surface area contributed by atoms with Crippen LogP contribution in [0.1, 0.15) is 15.9 Å². The van der Waals surface area contributed by atoms with E-state index in [1.54, 1.807) is 4.72 Å². The zero-order valence-corrected chi connectivity index (χ0v) is 11.2. The average Bonchev–Trinajstić information content (AvgIpc) is 2.35. The van der Waals surface area contributed by atoms with E-state index in [1.807, 2.05) is 0 Å². The highest BCUT2D eigenvalue weighted by atomic mass is 32.2. The molecule has 0 aromatic heterocycles. The van der Waals surface area contributed by atoms with Crippen LogP contribution in [0.15, 0.2) is 24.3 Å². The Morgan fingerprint density at radius 2 is 1.80 bits per heavy atom. The number of benzene rings is 1. The second-order valence-electron chi connectivity index (χ2n) is 3.82. The molecule has 0 aliphatic carbocycles. The van der Waals surface area contributed by atoms with E-state index in [2.05, 4.69) is 4.74 Å². The van der Waals surface area contributed by atoms with Gasteiger partial charge in [-0.1, -0.05) is 0 Å². The molecule has 0 spiro atoms. The van der Waals surface area contributed by atoms with Gasteiger partial charge in [0, 0.05) is 12.7 Å². The van der Waals surface area contributed by atoms with Gasteiger partial charge < -0.3 is 4.74 Å². The standard InChI is InChI=1S/C11H12F3NO4S/c1-19-6-7-20(17,18)15-10(16)8-2-4-9(5-3-8)11(12,13)14/h2-5H,6-7H2,1H3,(H,15,16). The summed E-state index contributed by atoms with van der Waals surface area (Å²) in [6.07, 6.45) is -4.51. The first-order chi connectivity index (χ1) is 9.15. The largest absolute Gasteiger partial charge is 0.416 e. The van der Waals surface area contributed by atoms with Gasteiger partial charge in [-0.25, -0.2) is 13.1 Å². The van der Waals surface area contributed by atoms with Crippen molar-refractivity contribution in [2.24, 2.45) is 0 Å². The van der Waals surface area contributed by atoms with E-state index in [9.17, 15) is 26.4 Å². The lowest BCUT2D eigenvalue weighted by Gasteiger charge is -2.08. The van der Waals surface area contributed by atoms with Crippen LogP contribution < -0.4 is 4.72 Å². The third-order valence-corrected chi connectivity index (χ3v) is 3.48. The number of carbonyl (C=O) groups excluding carboxylic acids is 1. The highest BCUT2D eigenvalue weighted by Gasteiger charge is 2.30. The number of halogens is 3. The molecule has 0 atom stereocenters. The lowest BCUT2D eigenvalue weighted by Crippen LogP contribution is -2.33. The number of ether oxygens (including phenoxy) is 1. The first-order valence-electron chi connectivity index (χ1n) is 5.37. The molecule has 1 rings (SSSR count). The number of hydrogen-bond donors (Lipinski definition) is 1. The summed E-state index contributed by atoms with van der Waals surface area (Å²) in [6.45, 7) is -0.102. The molecule has 0 unspecified atom stereocenters. The fraction of sp³-hybridized carbons (Fsp3) is 0.364. The molecule has 20 heavy (non-hydrogen) atoms. The van der Waals surface area contributed by atoms with E-state index in [-0.39, 0.29) is 12.2 Å². The minimum absolute atomic E-state index is 0.102. The molecule has 1 aromatic carbocycles. The lowest BCUT2D eigenvalue weighted by molar-refractivity contribution is -0.137. The normalized spacial score (nSPS) is 12.2. The predicted molar refractivity (Wildman–Crippen MR) is 64.6 cm³/mol. The van der Waals surface area contributed by atoms with E-state index < -0.39 is 33.4 Å². The molecule has 1 aromatic rings.